The zero-order valence-electron chi connectivity index (χ0n) is 8.58. The molecule has 0 bridgehead atoms. The molecule has 0 aliphatic rings. The molecule has 0 spiro atoms. The van der Waals surface area contributed by atoms with Crippen LogP contribution < -0.4 is 5.32 Å². The monoisotopic (exact) mass is 300 g/mol. The quantitative estimate of drug-likeness (QED) is 0.861. The van der Waals surface area contributed by atoms with Crippen molar-refractivity contribution in [3.63, 3.8) is 0 Å². The van der Waals surface area contributed by atoms with Crippen molar-refractivity contribution in [3.8, 4) is 0 Å². The highest BCUT2D eigenvalue weighted by molar-refractivity contribution is 9.10. The largest absolute Gasteiger partial charge is 0.452 e. The minimum absolute atomic E-state index is 0.0352. The zero-order chi connectivity index (χ0) is 11.5. The number of nitrogens with one attached hydrogen (secondary N) is 1. The van der Waals surface area contributed by atoms with Gasteiger partial charge in [0, 0.05) is 6.20 Å². The highest BCUT2D eigenvalue weighted by Gasteiger charge is 2.11. The van der Waals surface area contributed by atoms with Crippen LogP contribution in [0.2, 0.25) is 5.15 Å². The standard InChI is InChI=1S/C11H10BrClN2O/c1-7(9-4-5-10(12)16-9)15-8-3-2-6-14-11(8)13/h2-7,15H,1H3. The fraction of sp³-hybridized carbons (Fsp3) is 0.182. The lowest BCUT2D eigenvalue weighted by atomic mass is 10.2. The molecule has 2 aromatic rings. The van der Waals surface area contributed by atoms with Crippen LogP contribution in [0.1, 0.15) is 18.7 Å². The Bertz CT molecular complexity index is 486. The van der Waals surface area contributed by atoms with Crippen molar-refractivity contribution in [1.82, 2.24) is 4.98 Å². The molecule has 16 heavy (non-hydrogen) atoms. The van der Waals surface area contributed by atoms with Crippen LogP contribution in [0.15, 0.2) is 39.5 Å². The zero-order valence-corrected chi connectivity index (χ0v) is 10.9. The van der Waals surface area contributed by atoms with Crippen LogP contribution in [0.4, 0.5) is 5.69 Å². The highest BCUT2D eigenvalue weighted by Crippen LogP contribution is 2.26. The summed E-state index contributed by atoms with van der Waals surface area (Å²) in [4.78, 5) is 3.99. The predicted octanol–water partition coefficient (Wildman–Crippen LogP) is 4.26. The topological polar surface area (TPSA) is 38.1 Å². The Hall–Kier alpha value is -1.00. The summed E-state index contributed by atoms with van der Waals surface area (Å²) >= 11 is 9.21. The van der Waals surface area contributed by atoms with E-state index in [2.05, 4.69) is 26.2 Å². The fourth-order valence-corrected chi connectivity index (χ4v) is 1.85. The minimum Gasteiger partial charge on any atom is -0.452 e. The molecule has 0 saturated heterocycles. The Morgan fingerprint density at radius 3 is 2.88 bits per heavy atom. The average molecular weight is 302 g/mol. The van der Waals surface area contributed by atoms with E-state index in [1.807, 2.05) is 31.2 Å². The Labute approximate surface area is 107 Å². The van der Waals surface area contributed by atoms with Crippen molar-refractivity contribution < 1.29 is 4.42 Å². The number of rotatable bonds is 3. The molecule has 0 amide bonds. The number of hydrogen-bond donors (Lipinski definition) is 1. The van der Waals surface area contributed by atoms with Crippen LogP contribution in [-0.4, -0.2) is 4.98 Å². The van der Waals surface area contributed by atoms with Crippen LogP contribution in [0.3, 0.4) is 0 Å². The maximum atomic E-state index is 5.95. The smallest absolute Gasteiger partial charge is 0.169 e. The van der Waals surface area contributed by atoms with Gasteiger partial charge >= 0.3 is 0 Å². The number of nitrogens with zero attached hydrogens (tertiary/aromatic N) is 1. The maximum Gasteiger partial charge on any atom is 0.169 e. The van der Waals surface area contributed by atoms with Gasteiger partial charge in [-0.05, 0) is 47.1 Å². The Morgan fingerprint density at radius 2 is 2.25 bits per heavy atom. The van der Waals surface area contributed by atoms with Gasteiger partial charge in [-0.2, -0.15) is 0 Å². The van der Waals surface area contributed by atoms with Gasteiger partial charge in [0.2, 0.25) is 0 Å². The number of anilines is 1. The number of pyridine rings is 1. The van der Waals surface area contributed by atoms with E-state index in [1.165, 1.54) is 0 Å². The van der Waals surface area contributed by atoms with E-state index in [1.54, 1.807) is 6.20 Å². The van der Waals surface area contributed by atoms with Crippen molar-refractivity contribution in [3.05, 3.63) is 46.0 Å². The minimum atomic E-state index is 0.0352. The van der Waals surface area contributed by atoms with Gasteiger partial charge in [0.25, 0.3) is 0 Å². The third-order valence-corrected chi connectivity index (χ3v) is 2.88. The number of hydrogen-bond acceptors (Lipinski definition) is 3. The molecule has 1 atom stereocenters. The maximum absolute atomic E-state index is 5.95. The first-order valence-electron chi connectivity index (χ1n) is 4.79. The molecule has 2 heterocycles. The van der Waals surface area contributed by atoms with Crippen LogP contribution in [0, 0.1) is 0 Å². The molecule has 0 saturated carbocycles. The summed E-state index contributed by atoms with van der Waals surface area (Å²) < 4.78 is 6.16. The van der Waals surface area contributed by atoms with E-state index in [4.69, 9.17) is 16.0 Å². The van der Waals surface area contributed by atoms with Gasteiger partial charge in [0.1, 0.15) is 5.76 Å². The summed E-state index contributed by atoms with van der Waals surface area (Å²) in [5, 5.41) is 3.69. The molecule has 0 fully saturated rings. The second-order valence-electron chi connectivity index (χ2n) is 3.35. The molecule has 2 rings (SSSR count). The van der Waals surface area contributed by atoms with E-state index in [0.717, 1.165) is 11.4 Å². The van der Waals surface area contributed by atoms with Crippen molar-refractivity contribution in [2.45, 2.75) is 13.0 Å². The predicted molar refractivity (Wildman–Crippen MR) is 67.7 cm³/mol. The van der Waals surface area contributed by atoms with Gasteiger partial charge < -0.3 is 9.73 Å². The van der Waals surface area contributed by atoms with Gasteiger partial charge in [-0.25, -0.2) is 4.98 Å². The lowest BCUT2D eigenvalue weighted by Crippen LogP contribution is -2.06. The lowest BCUT2D eigenvalue weighted by Gasteiger charge is -2.13. The number of aromatic nitrogens is 1. The first kappa shape index (κ1) is 11.5. The van der Waals surface area contributed by atoms with E-state index in [0.29, 0.717) is 9.82 Å². The van der Waals surface area contributed by atoms with Gasteiger partial charge in [0.05, 0.1) is 11.7 Å². The van der Waals surface area contributed by atoms with E-state index in [-0.39, 0.29) is 6.04 Å². The molecule has 84 valence electrons. The molecular formula is C11H10BrClN2O. The van der Waals surface area contributed by atoms with Crippen LogP contribution in [0.25, 0.3) is 0 Å². The molecule has 3 nitrogen and oxygen atoms in total. The Morgan fingerprint density at radius 1 is 1.44 bits per heavy atom. The van der Waals surface area contributed by atoms with E-state index >= 15 is 0 Å². The number of halogens is 2. The molecule has 0 aliphatic heterocycles. The summed E-state index contributed by atoms with van der Waals surface area (Å²) in [7, 11) is 0. The van der Waals surface area contributed by atoms with Crippen molar-refractivity contribution >= 4 is 33.2 Å². The number of furan rings is 1. The molecule has 0 radical (unpaired) electrons. The van der Waals surface area contributed by atoms with Crippen molar-refractivity contribution in [2.75, 3.05) is 5.32 Å². The van der Waals surface area contributed by atoms with Gasteiger partial charge in [-0.15, -0.1) is 0 Å². The summed E-state index contributed by atoms with van der Waals surface area (Å²) in [5.41, 5.74) is 0.796. The molecular weight excluding hydrogens is 291 g/mol. The highest BCUT2D eigenvalue weighted by atomic mass is 79.9. The van der Waals surface area contributed by atoms with E-state index < -0.39 is 0 Å². The molecule has 1 unspecified atom stereocenters. The van der Waals surface area contributed by atoms with Gasteiger partial charge in [0.15, 0.2) is 9.82 Å². The Balaban J connectivity index is 2.13. The van der Waals surface area contributed by atoms with Crippen molar-refractivity contribution in [2.24, 2.45) is 0 Å². The first-order valence-corrected chi connectivity index (χ1v) is 5.96. The SMILES string of the molecule is CC(Nc1cccnc1Cl)c1ccc(Br)o1. The molecule has 0 aromatic carbocycles. The summed E-state index contributed by atoms with van der Waals surface area (Å²) in [6, 6.07) is 7.51. The first-order chi connectivity index (χ1) is 7.66. The van der Waals surface area contributed by atoms with Crippen LogP contribution in [-0.2, 0) is 0 Å². The molecule has 1 N–H and O–H groups in total. The normalized spacial score (nSPS) is 12.4. The van der Waals surface area contributed by atoms with Crippen LogP contribution >= 0.6 is 27.5 Å². The molecule has 0 aliphatic carbocycles. The molecule has 5 heteroatoms. The summed E-state index contributed by atoms with van der Waals surface area (Å²) in [6.07, 6.45) is 1.65. The lowest BCUT2D eigenvalue weighted by molar-refractivity contribution is 0.471. The second-order valence-corrected chi connectivity index (χ2v) is 4.49. The van der Waals surface area contributed by atoms with E-state index in [9.17, 15) is 0 Å². The molecule has 2 aromatic heterocycles. The van der Waals surface area contributed by atoms with Gasteiger partial charge in [-0.1, -0.05) is 11.6 Å². The third-order valence-electron chi connectivity index (χ3n) is 2.15. The Kier molecular flexibility index (Phi) is 3.51. The summed E-state index contributed by atoms with van der Waals surface area (Å²) in [5.74, 6) is 0.840. The fourth-order valence-electron chi connectivity index (χ4n) is 1.36. The van der Waals surface area contributed by atoms with Crippen LogP contribution in [0.5, 0.6) is 0 Å². The summed E-state index contributed by atoms with van der Waals surface area (Å²) in [6.45, 7) is 1.99. The van der Waals surface area contributed by atoms with Crippen molar-refractivity contribution in [1.29, 1.82) is 0 Å². The average Bonchev–Trinajstić information content (AvgIpc) is 2.68. The van der Waals surface area contributed by atoms with Gasteiger partial charge in [-0.3, -0.25) is 0 Å². The second kappa shape index (κ2) is 4.89. The third kappa shape index (κ3) is 2.57.